The zero-order chi connectivity index (χ0) is 17.6. The van der Waals surface area contributed by atoms with Crippen LogP contribution in [-0.4, -0.2) is 58.5 Å². The van der Waals surface area contributed by atoms with Gasteiger partial charge in [-0.2, -0.15) is 0 Å². The molecule has 1 aliphatic rings. The predicted molar refractivity (Wildman–Crippen MR) is 97.7 cm³/mol. The van der Waals surface area contributed by atoms with E-state index in [0.717, 1.165) is 25.5 Å². The Kier molecular flexibility index (Phi) is 5.42. The van der Waals surface area contributed by atoms with E-state index in [1.807, 2.05) is 23.1 Å². The van der Waals surface area contributed by atoms with Crippen LogP contribution in [0.25, 0.3) is 0 Å². The van der Waals surface area contributed by atoms with E-state index in [0.29, 0.717) is 30.5 Å². The van der Waals surface area contributed by atoms with Crippen LogP contribution in [0.5, 0.6) is 0 Å². The molecule has 1 aliphatic heterocycles. The minimum Gasteiger partial charge on any atom is -0.354 e. The summed E-state index contributed by atoms with van der Waals surface area (Å²) in [6, 6.07) is 5.88. The number of nitrogens with one attached hydrogen (secondary N) is 1. The molecule has 7 heteroatoms. The average molecular weight is 340 g/mol. The first-order valence-corrected chi connectivity index (χ1v) is 8.64. The van der Waals surface area contributed by atoms with Crippen molar-refractivity contribution in [2.75, 3.05) is 42.9 Å². The molecule has 0 aromatic carbocycles. The summed E-state index contributed by atoms with van der Waals surface area (Å²) in [6.45, 7) is 7.94. The predicted octanol–water partition coefficient (Wildman–Crippen LogP) is 1.90. The molecule has 1 amide bonds. The number of anilines is 2. The molecule has 0 aliphatic carbocycles. The van der Waals surface area contributed by atoms with Gasteiger partial charge in [0, 0.05) is 51.3 Å². The second-order valence-corrected chi connectivity index (χ2v) is 6.54. The third-order valence-corrected chi connectivity index (χ3v) is 4.11. The van der Waals surface area contributed by atoms with Crippen molar-refractivity contribution < 1.29 is 4.79 Å². The Morgan fingerprint density at radius 3 is 2.44 bits per heavy atom. The maximum Gasteiger partial charge on any atom is 0.257 e. The maximum atomic E-state index is 12.6. The third kappa shape index (κ3) is 4.43. The van der Waals surface area contributed by atoms with Crippen LogP contribution in [0.1, 0.15) is 24.2 Å². The van der Waals surface area contributed by atoms with E-state index in [1.54, 1.807) is 18.6 Å². The van der Waals surface area contributed by atoms with Gasteiger partial charge in [0.15, 0.2) is 0 Å². The number of hydrogen-bond acceptors (Lipinski definition) is 6. The van der Waals surface area contributed by atoms with E-state index in [-0.39, 0.29) is 5.91 Å². The number of piperazine rings is 1. The molecule has 0 unspecified atom stereocenters. The van der Waals surface area contributed by atoms with Gasteiger partial charge in [-0.25, -0.2) is 15.0 Å². The van der Waals surface area contributed by atoms with Crippen molar-refractivity contribution in [2.24, 2.45) is 5.92 Å². The van der Waals surface area contributed by atoms with E-state index >= 15 is 0 Å². The highest BCUT2D eigenvalue weighted by molar-refractivity contribution is 5.93. The summed E-state index contributed by atoms with van der Waals surface area (Å²) >= 11 is 0. The highest BCUT2D eigenvalue weighted by atomic mass is 16.2. The van der Waals surface area contributed by atoms with Gasteiger partial charge in [0.1, 0.15) is 5.82 Å². The van der Waals surface area contributed by atoms with Crippen molar-refractivity contribution in [3.63, 3.8) is 0 Å². The van der Waals surface area contributed by atoms with Gasteiger partial charge in [-0.05, 0) is 18.1 Å². The molecule has 0 bridgehead atoms. The molecule has 0 radical (unpaired) electrons. The van der Waals surface area contributed by atoms with E-state index < -0.39 is 0 Å². The Labute approximate surface area is 148 Å². The standard InChI is InChI=1S/C18H24N6O/c1-14(2)11-20-18-21-12-15(13-22-18)17(25)24-9-7-23(8-10-24)16-5-3-4-6-19-16/h3-6,12-14H,7-11H2,1-2H3,(H,20,21,22). The van der Waals surface area contributed by atoms with Gasteiger partial charge in [-0.3, -0.25) is 4.79 Å². The number of pyridine rings is 1. The zero-order valence-corrected chi connectivity index (χ0v) is 14.7. The second kappa shape index (κ2) is 7.92. The average Bonchev–Trinajstić information content (AvgIpc) is 2.67. The molecule has 1 N–H and O–H groups in total. The zero-order valence-electron chi connectivity index (χ0n) is 14.7. The summed E-state index contributed by atoms with van der Waals surface area (Å²) in [7, 11) is 0. The van der Waals surface area contributed by atoms with Crippen molar-refractivity contribution in [3.05, 3.63) is 42.4 Å². The van der Waals surface area contributed by atoms with Gasteiger partial charge in [0.05, 0.1) is 5.56 Å². The van der Waals surface area contributed by atoms with Crippen LogP contribution in [0, 0.1) is 5.92 Å². The fourth-order valence-corrected chi connectivity index (χ4v) is 2.69. The van der Waals surface area contributed by atoms with E-state index in [1.165, 1.54) is 0 Å². The smallest absolute Gasteiger partial charge is 0.257 e. The Morgan fingerprint density at radius 2 is 1.84 bits per heavy atom. The lowest BCUT2D eigenvalue weighted by atomic mass is 10.2. The Balaban J connectivity index is 1.55. The lowest BCUT2D eigenvalue weighted by Gasteiger charge is -2.35. The van der Waals surface area contributed by atoms with Crippen LogP contribution in [0.3, 0.4) is 0 Å². The molecule has 1 saturated heterocycles. The number of carbonyl (C=O) groups excluding carboxylic acids is 1. The molecule has 25 heavy (non-hydrogen) atoms. The van der Waals surface area contributed by atoms with Crippen molar-refractivity contribution in [1.82, 2.24) is 19.9 Å². The molecule has 2 aromatic heterocycles. The van der Waals surface area contributed by atoms with Gasteiger partial charge < -0.3 is 15.1 Å². The first-order chi connectivity index (χ1) is 12.1. The molecular formula is C18H24N6O. The molecular weight excluding hydrogens is 316 g/mol. The second-order valence-electron chi connectivity index (χ2n) is 6.54. The number of amides is 1. The monoisotopic (exact) mass is 340 g/mol. The van der Waals surface area contributed by atoms with Gasteiger partial charge in [-0.1, -0.05) is 19.9 Å². The van der Waals surface area contributed by atoms with Crippen LogP contribution in [-0.2, 0) is 0 Å². The first kappa shape index (κ1) is 17.1. The number of aromatic nitrogens is 3. The summed E-state index contributed by atoms with van der Waals surface area (Å²) < 4.78 is 0. The largest absolute Gasteiger partial charge is 0.354 e. The fourth-order valence-electron chi connectivity index (χ4n) is 2.69. The minimum absolute atomic E-state index is 0.0175. The van der Waals surface area contributed by atoms with Crippen LogP contribution >= 0.6 is 0 Å². The molecule has 1 fully saturated rings. The van der Waals surface area contributed by atoms with Crippen molar-refractivity contribution in [1.29, 1.82) is 0 Å². The van der Waals surface area contributed by atoms with E-state index in [4.69, 9.17) is 0 Å². The van der Waals surface area contributed by atoms with E-state index in [9.17, 15) is 4.79 Å². The first-order valence-electron chi connectivity index (χ1n) is 8.64. The Morgan fingerprint density at radius 1 is 1.12 bits per heavy atom. The van der Waals surface area contributed by atoms with Crippen molar-refractivity contribution in [2.45, 2.75) is 13.8 Å². The summed E-state index contributed by atoms with van der Waals surface area (Å²) in [4.78, 5) is 29.5. The fraction of sp³-hybridized carbons (Fsp3) is 0.444. The molecule has 3 heterocycles. The Hall–Kier alpha value is -2.70. The number of nitrogens with zero attached hydrogens (tertiary/aromatic N) is 5. The van der Waals surface area contributed by atoms with Crippen LogP contribution < -0.4 is 10.2 Å². The summed E-state index contributed by atoms with van der Waals surface area (Å²) in [5.74, 6) is 2.01. The lowest BCUT2D eigenvalue weighted by Crippen LogP contribution is -2.49. The van der Waals surface area contributed by atoms with Gasteiger partial charge in [-0.15, -0.1) is 0 Å². The van der Waals surface area contributed by atoms with Gasteiger partial charge in [0.2, 0.25) is 5.95 Å². The number of carbonyl (C=O) groups is 1. The molecule has 132 valence electrons. The van der Waals surface area contributed by atoms with E-state index in [2.05, 4.69) is 39.0 Å². The summed E-state index contributed by atoms with van der Waals surface area (Å²) in [6.07, 6.45) is 4.99. The highest BCUT2D eigenvalue weighted by Gasteiger charge is 2.23. The molecule has 0 saturated carbocycles. The van der Waals surface area contributed by atoms with Crippen LogP contribution in [0.15, 0.2) is 36.8 Å². The molecule has 2 aromatic rings. The highest BCUT2D eigenvalue weighted by Crippen LogP contribution is 2.14. The van der Waals surface area contributed by atoms with Crippen molar-refractivity contribution in [3.8, 4) is 0 Å². The van der Waals surface area contributed by atoms with Crippen LogP contribution in [0.4, 0.5) is 11.8 Å². The van der Waals surface area contributed by atoms with Gasteiger partial charge >= 0.3 is 0 Å². The molecule has 3 rings (SSSR count). The normalized spacial score (nSPS) is 14.7. The lowest BCUT2D eigenvalue weighted by molar-refractivity contribution is 0.0745. The van der Waals surface area contributed by atoms with Crippen molar-refractivity contribution >= 4 is 17.7 Å². The quantitative estimate of drug-likeness (QED) is 0.896. The summed E-state index contributed by atoms with van der Waals surface area (Å²) in [5, 5.41) is 3.15. The molecule has 7 nitrogen and oxygen atoms in total. The Bertz CT molecular complexity index is 680. The topological polar surface area (TPSA) is 74.2 Å². The number of rotatable bonds is 5. The third-order valence-electron chi connectivity index (χ3n) is 4.11. The molecule has 0 atom stereocenters. The number of hydrogen-bond donors (Lipinski definition) is 1. The minimum atomic E-state index is -0.0175. The van der Waals surface area contributed by atoms with Gasteiger partial charge in [0.25, 0.3) is 5.91 Å². The molecule has 0 spiro atoms. The SMILES string of the molecule is CC(C)CNc1ncc(C(=O)N2CCN(c3ccccn3)CC2)cn1. The van der Waals surface area contributed by atoms with Crippen LogP contribution in [0.2, 0.25) is 0 Å². The maximum absolute atomic E-state index is 12.6. The summed E-state index contributed by atoms with van der Waals surface area (Å²) in [5.41, 5.74) is 0.529.